The lowest BCUT2D eigenvalue weighted by atomic mass is 10.0. The van der Waals surface area contributed by atoms with Crippen molar-refractivity contribution < 1.29 is 32.3 Å². The van der Waals surface area contributed by atoms with Gasteiger partial charge in [-0.15, -0.1) is 0 Å². The van der Waals surface area contributed by atoms with Crippen LogP contribution >= 0.6 is 0 Å². The van der Waals surface area contributed by atoms with Crippen LogP contribution < -0.4 is 5.32 Å². The highest BCUT2D eigenvalue weighted by Crippen LogP contribution is 2.22. The topological polar surface area (TPSA) is 92.6 Å². The summed E-state index contributed by atoms with van der Waals surface area (Å²) in [6, 6.07) is 5.41. The van der Waals surface area contributed by atoms with Gasteiger partial charge in [0.1, 0.15) is 0 Å². The molecule has 1 fully saturated rings. The van der Waals surface area contributed by atoms with E-state index in [2.05, 4.69) is 26.9 Å². The number of carbonyl (C=O) groups is 2. The van der Waals surface area contributed by atoms with Crippen LogP contribution in [0, 0.1) is 12.8 Å². The Labute approximate surface area is 159 Å². The molecular weight excluding hydrogens is 381 g/mol. The second kappa shape index (κ2) is 9.20. The fraction of sp³-hybridized carbons (Fsp3) is 0.412. The number of benzene rings is 1. The van der Waals surface area contributed by atoms with Crippen LogP contribution in [0.2, 0.25) is 0 Å². The summed E-state index contributed by atoms with van der Waals surface area (Å²) in [5, 5.41) is 5.92. The Morgan fingerprint density at radius 1 is 1.43 bits per heavy atom. The van der Waals surface area contributed by atoms with E-state index in [9.17, 15) is 22.8 Å². The number of aryl methyl sites for hydroxylation is 1. The van der Waals surface area contributed by atoms with E-state index in [-0.39, 0.29) is 31.4 Å². The van der Waals surface area contributed by atoms with Gasteiger partial charge in [0, 0.05) is 25.5 Å². The normalized spacial score (nSPS) is 14.9. The second-order valence-electron chi connectivity index (χ2n) is 6.06. The van der Waals surface area contributed by atoms with Gasteiger partial charge in [0.2, 0.25) is 12.3 Å². The SMILES string of the molecule is C=NOC(=NCc1ccc(C)c(NC=O)c1)C1CN(C(=O)OCC(F)(F)F)C1. The van der Waals surface area contributed by atoms with E-state index in [1.54, 1.807) is 6.07 Å². The van der Waals surface area contributed by atoms with Gasteiger partial charge < -0.3 is 19.8 Å². The van der Waals surface area contributed by atoms with Gasteiger partial charge in [-0.25, -0.2) is 9.79 Å². The maximum atomic E-state index is 12.1. The van der Waals surface area contributed by atoms with Gasteiger partial charge in [0.05, 0.1) is 12.5 Å². The zero-order valence-corrected chi connectivity index (χ0v) is 15.0. The molecular formula is C17H19F3N4O4. The van der Waals surface area contributed by atoms with Crippen LogP contribution in [0.25, 0.3) is 0 Å². The molecule has 0 spiro atoms. The van der Waals surface area contributed by atoms with Crippen LogP contribution in [0.4, 0.5) is 23.7 Å². The summed E-state index contributed by atoms with van der Waals surface area (Å²) >= 11 is 0. The molecule has 152 valence electrons. The number of hydrogen-bond donors (Lipinski definition) is 1. The summed E-state index contributed by atoms with van der Waals surface area (Å²) in [6.45, 7) is 3.84. The first-order chi connectivity index (χ1) is 13.2. The third kappa shape index (κ3) is 5.96. The molecule has 1 aliphatic rings. The molecule has 0 aliphatic carbocycles. The van der Waals surface area contributed by atoms with Crippen molar-refractivity contribution in [3.63, 3.8) is 0 Å². The van der Waals surface area contributed by atoms with Crippen molar-refractivity contribution in [3.8, 4) is 0 Å². The summed E-state index contributed by atoms with van der Waals surface area (Å²) in [6.07, 6.45) is -5.05. The number of nitrogens with zero attached hydrogens (tertiary/aromatic N) is 3. The standard InChI is InChI=1S/C17H19F3N4O4/c1-11-3-4-12(5-14(11)23-10-25)6-22-15(28-21-2)13-7-24(8-13)16(26)27-9-17(18,19)20/h3-5,10,13H,2,6-9H2,1H3,(H,23,25). The molecule has 0 atom stereocenters. The first kappa shape index (κ1) is 21.2. The van der Waals surface area contributed by atoms with Gasteiger partial charge in [0.15, 0.2) is 6.61 Å². The fourth-order valence-electron chi connectivity index (χ4n) is 2.47. The molecule has 0 radical (unpaired) electrons. The Kier molecular flexibility index (Phi) is 6.96. The average molecular weight is 400 g/mol. The molecule has 2 rings (SSSR count). The molecule has 0 aromatic heterocycles. The number of amides is 2. The Hall–Kier alpha value is -3.11. The molecule has 1 saturated heterocycles. The van der Waals surface area contributed by atoms with Crippen molar-refractivity contribution in [2.45, 2.75) is 19.6 Å². The number of carbonyl (C=O) groups excluding carboxylic acids is 2. The van der Waals surface area contributed by atoms with Crippen LogP contribution in [-0.4, -0.2) is 55.9 Å². The van der Waals surface area contributed by atoms with Crippen LogP contribution in [0.1, 0.15) is 11.1 Å². The lowest BCUT2D eigenvalue weighted by Gasteiger charge is -2.37. The summed E-state index contributed by atoms with van der Waals surface area (Å²) < 4.78 is 40.5. The molecule has 1 aromatic carbocycles. The van der Waals surface area contributed by atoms with Crippen molar-refractivity contribution in [2.24, 2.45) is 16.1 Å². The molecule has 28 heavy (non-hydrogen) atoms. The van der Waals surface area contributed by atoms with Gasteiger partial charge in [0.25, 0.3) is 0 Å². The van der Waals surface area contributed by atoms with E-state index in [1.807, 2.05) is 19.1 Å². The number of ether oxygens (including phenoxy) is 1. The largest absolute Gasteiger partial charge is 0.440 e. The molecule has 2 amide bonds. The predicted molar refractivity (Wildman–Crippen MR) is 95.1 cm³/mol. The maximum absolute atomic E-state index is 12.1. The molecule has 1 N–H and O–H groups in total. The lowest BCUT2D eigenvalue weighted by Crippen LogP contribution is -2.53. The van der Waals surface area contributed by atoms with E-state index < -0.39 is 18.9 Å². The number of oxime groups is 1. The zero-order valence-electron chi connectivity index (χ0n) is 15.0. The van der Waals surface area contributed by atoms with Crippen molar-refractivity contribution in [2.75, 3.05) is 25.0 Å². The van der Waals surface area contributed by atoms with E-state index in [1.165, 1.54) is 0 Å². The highest BCUT2D eigenvalue weighted by Gasteiger charge is 2.38. The van der Waals surface area contributed by atoms with Crippen LogP contribution in [0.3, 0.4) is 0 Å². The number of rotatable bonds is 7. The van der Waals surface area contributed by atoms with E-state index in [0.29, 0.717) is 12.1 Å². The molecule has 0 bridgehead atoms. The molecule has 1 aromatic rings. The molecule has 1 aliphatic heterocycles. The highest BCUT2D eigenvalue weighted by molar-refractivity contribution is 5.82. The maximum Gasteiger partial charge on any atom is 0.422 e. The van der Waals surface area contributed by atoms with E-state index >= 15 is 0 Å². The summed E-state index contributed by atoms with van der Waals surface area (Å²) in [4.78, 5) is 32.6. The molecule has 0 unspecified atom stereocenters. The van der Waals surface area contributed by atoms with Gasteiger partial charge >= 0.3 is 12.3 Å². The summed E-state index contributed by atoms with van der Waals surface area (Å²) in [5.74, 6) is -0.123. The van der Waals surface area contributed by atoms with E-state index in [4.69, 9.17) is 4.84 Å². The van der Waals surface area contributed by atoms with Gasteiger partial charge in [-0.1, -0.05) is 17.3 Å². The smallest absolute Gasteiger partial charge is 0.422 e. The van der Waals surface area contributed by atoms with Crippen molar-refractivity contribution in [1.82, 2.24) is 4.90 Å². The number of hydrogen-bond acceptors (Lipinski definition) is 6. The number of aliphatic imine (C=N–C) groups is 1. The third-order valence-corrected chi connectivity index (χ3v) is 3.94. The first-order valence-corrected chi connectivity index (χ1v) is 8.19. The highest BCUT2D eigenvalue weighted by atomic mass is 19.4. The Morgan fingerprint density at radius 2 is 2.14 bits per heavy atom. The number of alkyl halides is 3. The second-order valence-corrected chi connectivity index (χ2v) is 6.06. The fourth-order valence-corrected chi connectivity index (χ4v) is 2.47. The predicted octanol–water partition coefficient (Wildman–Crippen LogP) is 2.72. The Morgan fingerprint density at radius 3 is 2.75 bits per heavy atom. The van der Waals surface area contributed by atoms with Crippen LogP contribution in [0.15, 0.2) is 28.3 Å². The van der Waals surface area contributed by atoms with Crippen LogP contribution in [0.5, 0.6) is 0 Å². The third-order valence-electron chi connectivity index (χ3n) is 3.94. The van der Waals surface area contributed by atoms with Crippen molar-refractivity contribution in [1.29, 1.82) is 0 Å². The Balaban J connectivity index is 1.95. The minimum atomic E-state index is -4.58. The quantitative estimate of drug-likeness (QED) is 0.330. The average Bonchev–Trinajstić information content (AvgIpc) is 2.58. The monoisotopic (exact) mass is 400 g/mol. The zero-order chi connectivity index (χ0) is 20.7. The van der Waals surface area contributed by atoms with Crippen LogP contribution in [-0.2, 0) is 20.9 Å². The molecule has 11 heteroatoms. The lowest BCUT2D eigenvalue weighted by molar-refractivity contribution is -0.163. The first-order valence-electron chi connectivity index (χ1n) is 8.19. The molecule has 1 heterocycles. The minimum Gasteiger partial charge on any atom is -0.440 e. The van der Waals surface area contributed by atoms with Crippen molar-refractivity contribution >= 4 is 30.8 Å². The minimum absolute atomic E-state index is 0.0941. The van der Waals surface area contributed by atoms with E-state index in [0.717, 1.165) is 16.0 Å². The Bertz CT molecular complexity index is 761. The summed E-state index contributed by atoms with van der Waals surface area (Å²) in [5.41, 5.74) is 2.33. The number of anilines is 1. The number of nitrogens with one attached hydrogen (secondary N) is 1. The van der Waals surface area contributed by atoms with Gasteiger partial charge in [-0.05, 0) is 24.1 Å². The van der Waals surface area contributed by atoms with Crippen molar-refractivity contribution in [3.05, 3.63) is 29.3 Å². The summed E-state index contributed by atoms with van der Waals surface area (Å²) in [7, 11) is 0. The number of likely N-dealkylation sites (tertiary alicyclic amines) is 1. The molecule has 8 nitrogen and oxygen atoms in total. The molecule has 0 saturated carbocycles. The number of halogens is 3. The van der Waals surface area contributed by atoms with Gasteiger partial charge in [-0.3, -0.25) is 4.79 Å². The van der Waals surface area contributed by atoms with Gasteiger partial charge in [-0.2, -0.15) is 13.2 Å².